The van der Waals surface area contributed by atoms with E-state index in [4.69, 9.17) is 71.1 Å². The topological polar surface area (TPSA) is 635 Å². The first-order valence-corrected chi connectivity index (χ1v) is 63.1. The van der Waals surface area contributed by atoms with Crippen LogP contribution in [-0.4, -0.2) is 276 Å². The molecule has 0 radical (unpaired) electrons. The Kier molecular flexibility index (Phi) is 66.8. The molecule has 0 aromatic heterocycles. The first-order valence-electron chi connectivity index (χ1n) is 43.8. The summed E-state index contributed by atoms with van der Waals surface area (Å²) in [6.07, 6.45) is -10.2. The van der Waals surface area contributed by atoms with Crippen molar-refractivity contribution < 1.29 is 202 Å². The lowest BCUT2D eigenvalue weighted by atomic mass is 9.81. The van der Waals surface area contributed by atoms with E-state index in [-0.39, 0.29) is 113 Å². The number of hydrogen-bond acceptors (Lipinski definition) is 42. The molecule has 0 saturated heterocycles. The number of carbonyl (C=O) groups excluding carboxylic acids is 21. The molecule has 18 atom stereocenters. The monoisotopic (exact) mass is 3730 g/mol. The average Bonchev–Trinajstić information content (AvgIpc) is 0.811. The third-order valence-electron chi connectivity index (χ3n) is 20.9. The molecule has 0 spiro atoms. The molecule has 0 aromatic rings. The summed E-state index contributed by atoms with van der Waals surface area (Å²) >= 11 is 28.2. The number of alkyl halides is 15. The molecule has 6 aliphatic carbocycles. The van der Waals surface area contributed by atoms with Crippen molar-refractivity contribution in [3.05, 3.63) is 0 Å². The van der Waals surface area contributed by atoms with Crippen LogP contribution in [0.25, 0.3) is 0 Å². The van der Waals surface area contributed by atoms with E-state index in [2.05, 4.69) is 0 Å². The van der Waals surface area contributed by atoms with E-state index in [1.165, 1.54) is 0 Å². The summed E-state index contributed by atoms with van der Waals surface area (Å²) in [6, 6.07) is 0. The molecule has 18 unspecified atom stereocenters. The number of esters is 15. The molecule has 0 aliphatic heterocycles. The predicted octanol–water partition coefficient (Wildman–Crippen LogP) is 7.09. The largest absolute Gasteiger partial charge is 0.550 e. The summed E-state index contributed by atoms with van der Waals surface area (Å²) in [5, 5.41) is 68.4. The lowest BCUT2D eigenvalue weighted by Gasteiger charge is -2.42. The third-order valence-corrected chi connectivity index (χ3v) is 28.8. The fourth-order valence-electron chi connectivity index (χ4n) is 13.9. The first-order chi connectivity index (χ1) is 66.1. The van der Waals surface area contributed by atoms with Crippen LogP contribution in [0.15, 0.2) is 0 Å². The minimum Gasteiger partial charge on any atom is -0.550 e. The highest BCUT2D eigenvalue weighted by molar-refractivity contribution is 14.1. The van der Waals surface area contributed by atoms with Crippen molar-refractivity contribution in [2.24, 2.45) is 35.5 Å². The van der Waals surface area contributed by atoms with Crippen LogP contribution < -0.4 is 30.6 Å². The van der Waals surface area contributed by atoms with E-state index in [1.54, 1.807) is 149 Å². The molecule has 6 saturated carbocycles. The van der Waals surface area contributed by atoms with Crippen LogP contribution in [0, 0.1) is 35.5 Å². The molecule has 0 heterocycles. The summed E-state index contributed by atoms with van der Waals surface area (Å²) in [5.74, 6) is -22.1. The second kappa shape index (κ2) is 67.8. The maximum absolute atomic E-state index is 12.4. The Morgan fingerprint density at radius 1 is 0.229 bits per heavy atom. The summed E-state index contributed by atoms with van der Waals surface area (Å²) in [4.78, 5) is 246. The highest BCUT2D eigenvalue weighted by Gasteiger charge is 2.51. The molecule has 144 heavy (non-hydrogen) atoms. The van der Waals surface area contributed by atoms with Crippen LogP contribution in [-0.2, 0) is 172 Å². The van der Waals surface area contributed by atoms with Crippen molar-refractivity contribution >= 4 is 464 Å². The van der Waals surface area contributed by atoms with Crippen molar-refractivity contribution in [3.8, 4) is 0 Å². The van der Waals surface area contributed by atoms with Gasteiger partial charge < -0.3 is 130 Å². The Bertz CT molecular complexity index is 4230. The Morgan fingerprint density at radius 3 is 0.646 bits per heavy atom. The van der Waals surface area contributed by atoms with E-state index < -0.39 is 275 Å². The van der Waals surface area contributed by atoms with Crippen LogP contribution in [0.5, 0.6) is 0 Å². The lowest BCUT2D eigenvalue weighted by molar-refractivity contribution is -0.321. The van der Waals surface area contributed by atoms with Gasteiger partial charge in [0.05, 0.1) is 57.8 Å². The molecule has 42 nitrogen and oxygen atoms in total. The maximum atomic E-state index is 12.4. The van der Waals surface area contributed by atoms with Crippen LogP contribution in [0.3, 0.4) is 0 Å². The van der Waals surface area contributed by atoms with Crippen LogP contribution in [0.4, 0.5) is 0 Å². The van der Waals surface area contributed by atoms with E-state index in [0.29, 0.717) is 19.3 Å². The number of carboxylic acids is 6. The number of halogens is 15. The molecular formula is C87H111I15O42-6. The van der Waals surface area contributed by atoms with Crippen molar-refractivity contribution in [2.45, 2.75) is 328 Å². The van der Waals surface area contributed by atoms with E-state index in [0.717, 1.165) is 0 Å². The summed E-state index contributed by atoms with van der Waals surface area (Å²) in [5.41, 5.74) is 0. The Hall–Kier alpha value is -0.180. The number of carbonyl (C=O) groups is 21. The molecular weight excluding hydrogens is 3620 g/mol. The van der Waals surface area contributed by atoms with Crippen molar-refractivity contribution in [1.82, 2.24) is 0 Å². The van der Waals surface area contributed by atoms with Crippen LogP contribution in [0.2, 0.25) is 0 Å². The fourth-order valence-corrected chi connectivity index (χ4v) is 16.2. The van der Waals surface area contributed by atoms with Crippen LogP contribution in [0.1, 0.15) is 200 Å². The predicted molar refractivity (Wildman–Crippen MR) is 621 cm³/mol. The highest BCUT2D eigenvalue weighted by atomic mass is 127. The zero-order chi connectivity index (χ0) is 111. The molecule has 822 valence electrons. The van der Waals surface area contributed by atoms with Gasteiger partial charge in [-0.2, -0.15) is 0 Å². The minimum absolute atomic E-state index is 0.00329. The van der Waals surface area contributed by atoms with E-state index in [1.807, 2.05) is 294 Å². The Labute approximate surface area is 1040 Å². The van der Waals surface area contributed by atoms with Gasteiger partial charge in [-0.1, -0.05) is 339 Å². The molecule has 6 aliphatic rings. The molecule has 6 rings (SSSR count). The van der Waals surface area contributed by atoms with Gasteiger partial charge in [0.25, 0.3) is 0 Å². The second-order valence-corrected chi connectivity index (χ2v) is 62.3. The standard InChI is InChI=1S/C19H27I3O8.C16H21I3O8.C15H22I2O6.C13H15I3O8.C13H18I2O6.C11H14I2O6/c1-17(2,20)14(25)28-9-7-10(29-15(26)18(3,4)21)12(13(23)24)11(8-9)30-16(27)19(5,6)22;1-6(17)14(22)25-9-4-10(26-15(23)7(2)18)12(13(20)21)11(5-9)27-16(24)8(3)19;1-14(2,16)12(20)22-8-5-6-9(11(18)19)10(7-8)23-13(21)15(3,4)17;14-3-9(17)22-6-1-7(23-10(18)4-15)12(13(20)21)8(2-6)24-11(19)5-16;1-6(14)12(18)20-9-3-8(11(16)17)4-10(5-9)21-13(19)7(2)15;12-4-9(14)18-7-1-6(11(16)17)2-8(3-7)19-10(15)5-13/h9-12H,7-8H2,1-6H3,(H,23,24);6-12H,4-5H2,1-3H3,(H,20,21);8-10H,5-7H2,1-4H3,(H,18,19);6-8,12H,1-5H2,(H,20,21);6-10H,3-5H2,1-2H3,(H,16,17);6-8H,1-5H2,(H,16,17)/p-6. The first kappa shape index (κ1) is 142. The quantitative estimate of drug-likeness (QED) is 0.0261. The molecule has 0 bridgehead atoms. The van der Waals surface area contributed by atoms with Gasteiger partial charge in [0.2, 0.25) is 0 Å². The normalized spacial score (nSPS) is 26.7. The number of hydrogen-bond donors (Lipinski definition) is 0. The smallest absolute Gasteiger partial charge is 0.321 e. The zero-order valence-corrected chi connectivity index (χ0v) is 112. The molecule has 0 N–H and O–H groups in total. The minimum atomic E-state index is -1.50. The van der Waals surface area contributed by atoms with Gasteiger partial charge in [0.15, 0.2) is 0 Å². The van der Waals surface area contributed by atoms with E-state index in [9.17, 15) is 131 Å². The van der Waals surface area contributed by atoms with Crippen molar-refractivity contribution in [1.29, 1.82) is 0 Å². The van der Waals surface area contributed by atoms with Gasteiger partial charge in [0.1, 0.15) is 128 Å². The van der Waals surface area contributed by atoms with Gasteiger partial charge in [-0.25, -0.2) is 0 Å². The van der Waals surface area contributed by atoms with Gasteiger partial charge in [-0.3, -0.25) is 71.9 Å². The lowest BCUT2D eigenvalue weighted by Crippen LogP contribution is -2.55. The second-order valence-electron chi connectivity index (χ2n) is 35.6. The van der Waals surface area contributed by atoms with E-state index >= 15 is 0 Å². The zero-order valence-electron chi connectivity index (χ0n) is 80.0. The number of rotatable bonds is 36. The molecule has 0 aromatic carbocycles. The maximum Gasteiger partial charge on any atom is 0.321 e. The van der Waals surface area contributed by atoms with Gasteiger partial charge in [0, 0.05) is 93.4 Å². The van der Waals surface area contributed by atoms with Gasteiger partial charge in [-0.15, -0.1) is 0 Å². The fraction of sp³-hybridized carbons (Fsp3) is 0.759. The summed E-state index contributed by atoms with van der Waals surface area (Å²) in [6.45, 7) is 24.9. The molecule has 57 heteroatoms. The summed E-state index contributed by atoms with van der Waals surface area (Å²) in [7, 11) is 0. The van der Waals surface area contributed by atoms with Crippen molar-refractivity contribution in [3.63, 3.8) is 0 Å². The SMILES string of the molecule is CC(C)(I)C(=O)OC1CC(OC(=O)C(C)(C)I)C(C(=O)[O-])C(OC(=O)C(C)(C)I)C1.CC(C)(I)C(=O)OC1CCC(C(=O)[O-])C(OC(=O)C(C)(C)I)C1.CC(I)C(=O)OC1CC(OC(=O)C(C)I)C(C(=O)[O-])C(OC(=O)C(C)I)C1.CC(I)C(=O)OC1CC(OC(=O)C(C)I)CC(C(=O)[O-])C1.O=C(CI)OC1CC(OC(=O)CI)C(C(=O)[O-])C(OC(=O)CI)C1.O=C(CI)OC1CC(OC(=O)CI)CC(C(=O)[O-])C1. The molecule has 6 fully saturated rings. The van der Waals surface area contributed by atoms with Gasteiger partial charge >= 0.3 is 89.5 Å². The third kappa shape index (κ3) is 53.7. The van der Waals surface area contributed by atoms with Crippen molar-refractivity contribution in [2.75, 3.05) is 22.1 Å². The van der Waals surface area contributed by atoms with Gasteiger partial charge in [-0.05, 0) is 142 Å². The van der Waals surface area contributed by atoms with Crippen LogP contribution >= 0.6 is 339 Å². The number of ether oxygens (including phenoxy) is 15. The number of aliphatic carboxylic acids is 6. The average molecular weight is 3730 g/mol. The Morgan fingerprint density at radius 2 is 0.417 bits per heavy atom. The highest BCUT2D eigenvalue weighted by Crippen LogP contribution is 2.41. The molecule has 0 amide bonds. The number of carboxylic acid groups (broad SMARTS) is 6. The Balaban J connectivity index is 0.000000869. The summed E-state index contributed by atoms with van der Waals surface area (Å²) < 4.78 is 74.1.